The van der Waals surface area contributed by atoms with E-state index in [2.05, 4.69) is 5.32 Å². The van der Waals surface area contributed by atoms with Crippen LogP contribution in [0.3, 0.4) is 0 Å². The van der Waals surface area contributed by atoms with Gasteiger partial charge in [-0.25, -0.2) is 17.2 Å². The highest BCUT2D eigenvalue weighted by Crippen LogP contribution is 2.35. The van der Waals surface area contributed by atoms with Crippen molar-refractivity contribution in [1.82, 2.24) is 4.57 Å². The minimum absolute atomic E-state index is 0.112. The van der Waals surface area contributed by atoms with Crippen molar-refractivity contribution in [3.63, 3.8) is 0 Å². The van der Waals surface area contributed by atoms with Gasteiger partial charge in [0.05, 0.1) is 22.7 Å². The lowest BCUT2D eigenvalue weighted by atomic mass is 10.2. The molecular formula is C18H11ClF2N2O3S. The van der Waals surface area contributed by atoms with Crippen molar-refractivity contribution >= 4 is 33.0 Å². The Bertz CT molecular complexity index is 1190. The smallest absolute Gasteiger partial charge is 0.258 e. The summed E-state index contributed by atoms with van der Waals surface area (Å²) in [5.41, 5.74) is -0.227. The fourth-order valence-corrected chi connectivity index (χ4v) is 4.83. The Hall–Kier alpha value is -2.71. The van der Waals surface area contributed by atoms with Gasteiger partial charge in [-0.15, -0.1) is 0 Å². The molecule has 2 heterocycles. The van der Waals surface area contributed by atoms with Crippen LogP contribution in [0.4, 0.5) is 14.5 Å². The van der Waals surface area contributed by atoms with Crippen molar-refractivity contribution in [1.29, 1.82) is 0 Å². The molecule has 2 aromatic carbocycles. The lowest BCUT2D eigenvalue weighted by Gasteiger charge is -2.08. The molecule has 0 aliphatic carbocycles. The first kappa shape index (κ1) is 17.7. The third-order valence-corrected chi connectivity index (χ3v) is 6.32. The average molecular weight is 409 g/mol. The minimum atomic E-state index is -4.06. The maximum atomic E-state index is 13.9. The van der Waals surface area contributed by atoms with Crippen LogP contribution in [0, 0.1) is 11.6 Å². The number of halogens is 3. The first-order valence-electron chi connectivity index (χ1n) is 7.76. The van der Waals surface area contributed by atoms with E-state index in [4.69, 9.17) is 11.6 Å². The number of nitrogens with one attached hydrogen (secondary N) is 1. The van der Waals surface area contributed by atoms with Gasteiger partial charge in [-0.3, -0.25) is 4.79 Å². The van der Waals surface area contributed by atoms with Gasteiger partial charge in [0.2, 0.25) is 9.84 Å². The molecule has 27 heavy (non-hydrogen) atoms. The molecule has 0 unspecified atom stereocenters. The number of sulfone groups is 1. The second-order valence-electron chi connectivity index (χ2n) is 6.01. The number of aromatic nitrogens is 1. The zero-order valence-corrected chi connectivity index (χ0v) is 15.1. The Morgan fingerprint density at radius 1 is 1.04 bits per heavy atom. The number of anilines is 1. The van der Waals surface area contributed by atoms with Crippen LogP contribution in [0.1, 0.15) is 15.9 Å². The number of nitrogens with zero attached hydrogens (tertiary/aromatic N) is 1. The van der Waals surface area contributed by atoms with E-state index in [0.29, 0.717) is 0 Å². The Labute approximate surface area is 158 Å². The van der Waals surface area contributed by atoms with Crippen molar-refractivity contribution in [3.8, 4) is 0 Å². The largest absolute Gasteiger partial charge is 0.347 e. The summed E-state index contributed by atoms with van der Waals surface area (Å²) < 4.78 is 55.0. The van der Waals surface area contributed by atoms with Crippen LogP contribution in [0.2, 0.25) is 5.02 Å². The fourth-order valence-electron chi connectivity index (χ4n) is 2.96. The number of carbonyl (C=O) groups excluding carboxylic acids is 1. The molecule has 1 amide bonds. The van der Waals surface area contributed by atoms with Crippen LogP contribution in [0.25, 0.3) is 0 Å². The van der Waals surface area contributed by atoms with Gasteiger partial charge >= 0.3 is 0 Å². The Kier molecular flexibility index (Phi) is 4.05. The third kappa shape index (κ3) is 2.90. The molecule has 1 N–H and O–H groups in total. The van der Waals surface area contributed by atoms with Crippen LogP contribution < -0.4 is 5.32 Å². The number of carbonyl (C=O) groups is 1. The van der Waals surface area contributed by atoms with Gasteiger partial charge in [0, 0.05) is 23.0 Å². The van der Waals surface area contributed by atoms with Crippen molar-refractivity contribution in [2.24, 2.45) is 0 Å². The number of benzene rings is 2. The summed E-state index contributed by atoms with van der Waals surface area (Å²) in [5, 5.41) is 2.72. The van der Waals surface area contributed by atoms with Gasteiger partial charge in [-0.05, 0) is 30.3 Å². The van der Waals surface area contributed by atoms with Gasteiger partial charge in [0.1, 0.15) is 16.5 Å². The monoisotopic (exact) mass is 408 g/mol. The molecule has 1 aliphatic heterocycles. The maximum Gasteiger partial charge on any atom is 0.258 e. The molecule has 138 valence electrons. The first-order chi connectivity index (χ1) is 12.8. The van der Waals surface area contributed by atoms with Gasteiger partial charge in [0.15, 0.2) is 0 Å². The lowest BCUT2D eigenvalue weighted by Crippen LogP contribution is -2.11. The summed E-state index contributed by atoms with van der Waals surface area (Å²) in [4.78, 5) is 12.1. The number of amides is 1. The summed E-state index contributed by atoms with van der Waals surface area (Å²) in [6.07, 6.45) is 2.44. The van der Waals surface area contributed by atoms with Crippen LogP contribution in [0.5, 0.6) is 0 Å². The molecule has 0 spiro atoms. The number of hydrogen-bond acceptors (Lipinski definition) is 3. The van der Waals surface area contributed by atoms with E-state index in [1.807, 2.05) is 0 Å². The third-order valence-electron chi connectivity index (χ3n) is 4.26. The van der Waals surface area contributed by atoms with E-state index in [1.54, 1.807) is 0 Å². The molecule has 0 bridgehead atoms. The summed E-state index contributed by atoms with van der Waals surface area (Å²) in [7, 11) is -4.06. The van der Waals surface area contributed by atoms with Gasteiger partial charge in [-0.2, -0.15) is 0 Å². The zero-order valence-electron chi connectivity index (χ0n) is 13.5. The van der Waals surface area contributed by atoms with E-state index >= 15 is 0 Å². The fraction of sp³-hybridized carbons (Fsp3) is 0.0556. The zero-order chi connectivity index (χ0) is 19.3. The number of hydrogen-bond donors (Lipinski definition) is 1. The topological polar surface area (TPSA) is 68.2 Å². The normalized spacial score (nSPS) is 14.9. The number of fused-ring (bicyclic) bond motifs is 2. The molecular weight excluding hydrogens is 398 g/mol. The molecule has 0 radical (unpaired) electrons. The maximum absolute atomic E-state index is 13.9. The first-order valence-corrected chi connectivity index (χ1v) is 9.62. The highest BCUT2D eigenvalue weighted by Gasteiger charge is 2.33. The molecule has 5 nitrogen and oxygen atoms in total. The molecule has 9 heteroatoms. The van der Waals surface area contributed by atoms with Gasteiger partial charge in [0.25, 0.3) is 5.91 Å². The minimum Gasteiger partial charge on any atom is -0.347 e. The molecule has 0 atom stereocenters. The van der Waals surface area contributed by atoms with E-state index in [1.165, 1.54) is 41.2 Å². The second-order valence-corrected chi connectivity index (χ2v) is 8.33. The van der Waals surface area contributed by atoms with E-state index in [9.17, 15) is 22.0 Å². The van der Waals surface area contributed by atoms with Crippen LogP contribution in [0.15, 0.2) is 58.6 Å². The standard InChI is InChI=1S/C18H11ClF2N2O3S/c19-10-4-5-15-16(6-10)27(25,26)17-9-23(8-12(17)18(24)22-15)7-11-13(20)2-1-3-14(11)21/h1-6,8-9H,7H2,(H,22,24). The van der Waals surface area contributed by atoms with Crippen LogP contribution in [-0.2, 0) is 16.4 Å². The number of rotatable bonds is 2. The lowest BCUT2D eigenvalue weighted by molar-refractivity contribution is 0.102. The Morgan fingerprint density at radius 2 is 1.74 bits per heavy atom. The molecule has 4 rings (SSSR count). The molecule has 0 saturated heterocycles. The van der Waals surface area contributed by atoms with E-state index < -0.39 is 27.4 Å². The summed E-state index contributed by atoms with van der Waals surface area (Å²) >= 11 is 5.90. The SMILES string of the molecule is O=C1Nc2ccc(Cl)cc2S(=O)(=O)c2cn(Cc3c(F)cccc3F)cc21. The Morgan fingerprint density at radius 3 is 2.44 bits per heavy atom. The van der Waals surface area contributed by atoms with Gasteiger partial charge < -0.3 is 9.88 Å². The van der Waals surface area contributed by atoms with E-state index in [0.717, 1.165) is 12.1 Å². The molecule has 0 saturated carbocycles. The predicted molar refractivity (Wildman–Crippen MR) is 94.7 cm³/mol. The molecule has 1 aromatic heterocycles. The summed E-state index contributed by atoms with van der Waals surface area (Å²) in [6, 6.07) is 7.56. The average Bonchev–Trinajstić information content (AvgIpc) is 3.02. The predicted octanol–water partition coefficient (Wildman–Crippen LogP) is 3.87. The van der Waals surface area contributed by atoms with Crippen LogP contribution >= 0.6 is 11.6 Å². The van der Waals surface area contributed by atoms with Crippen molar-refractivity contribution in [3.05, 3.63) is 76.6 Å². The molecule has 1 aliphatic rings. The van der Waals surface area contributed by atoms with Gasteiger partial charge in [-0.1, -0.05) is 17.7 Å². The molecule has 3 aromatic rings. The van der Waals surface area contributed by atoms with Crippen molar-refractivity contribution < 1.29 is 22.0 Å². The second kappa shape index (κ2) is 6.17. The Balaban J connectivity index is 1.85. The summed E-state index contributed by atoms with van der Waals surface area (Å²) in [6.45, 7) is -0.267. The van der Waals surface area contributed by atoms with E-state index in [-0.39, 0.29) is 38.2 Å². The van der Waals surface area contributed by atoms with Crippen molar-refractivity contribution in [2.45, 2.75) is 16.3 Å². The summed E-state index contributed by atoms with van der Waals surface area (Å²) in [5.74, 6) is -2.16. The van der Waals surface area contributed by atoms with Crippen LogP contribution in [-0.4, -0.2) is 18.9 Å². The van der Waals surface area contributed by atoms with Crippen molar-refractivity contribution in [2.75, 3.05) is 5.32 Å². The highest BCUT2D eigenvalue weighted by atomic mass is 35.5. The quantitative estimate of drug-likeness (QED) is 0.700. The highest BCUT2D eigenvalue weighted by molar-refractivity contribution is 7.91. The molecule has 0 fully saturated rings.